The summed E-state index contributed by atoms with van der Waals surface area (Å²) in [5.41, 5.74) is -0.540. The van der Waals surface area contributed by atoms with Crippen molar-refractivity contribution in [3.05, 3.63) is 12.7 Å². The van der Waals surface area contributed by atoms with Gasteiger partial charge in [-0.1, -0.05) is 6.08 Å². The lowest BCUT2D eigenvalue weighted by atomic mass is 10.2. The zero-order chi connectivity index (χ0) is 11.2. The minimum absolute atomic E-state index is 0.241. The van der Waals surface area contributed by atoms with Gasteiger partial charge in [0, 0.05) is 6.42 Å². The van der Waals surface area contributed by atoms with Gasteiger partial charge in [-0.25, -0.2) is 4.79 Å². The Morgan fingerprint density at radius 3 is 2.50 bits per heavy atom. The highest BCUT2D eigenvalue weighted by atomic mass is 35.5. The zero-order valence-electron chi connectivity index (χ0n) is 8.88. The summed E-state index contributed by atoms with van der Waals surface area (Å²) in [7, 11) is 0. The Morgan fingerprint density at radius 2 is 2.14 bits per heavy atom. The minimum atomic E-state index is -0.690. The smallest absolute Gasteiger partial charge is 0.429 e. The number of alkyl halides is 1. The highest BCUT2D eigenvalue weighted by molar-refractivity contribution is 6.18. The Labute approximate surface area is 90.0 Å². The van der Waals surface area contributed by atoms with E-state index in [2.05, 4.69) is 6.58 Å². The molecule has 0 aliphatic carbocycles. The molecule has 4 heteroatoms. The molecule has 0 saturated heterocycles. The molecule has 0 saturated carbocycles. The summed E-state index contributed by atoms with van der Waals surface area (Å²) in [4.78, 5) is 11.2. The summed E-state index contributed by atoms with van der Waals surface area (Å²) >= 11 is 5.58. The van der Waals surface area contributed by atoms with Crippen molar-refractivity contribution in [2.75, 3.05) is 5.88 Å². The van der Waals surface area contributed by atoms with Crippen LogP contribution in [-0.4, -0.2) is 23.7 Å². The normalized spacial score (nSPS) is 13.1. The molecule has 1 unspecified atom stereocenters. The Bertz CT molecular complexity index is 196. The van der Waals surface area contributed by atoms with Crippen molar-refractivity contribution >= 4 is 17.8 Å². The van der Waals surface area contributed by atoms with E-state index in [1.165, 1.54) is 0 Å². The van der Waals surface area contributed by atoms with Gasteiger partial charge in [-0.05, 0) is 20.8 Å². The maximum absolute atomic E-state index is 11.2. The molecule has 0 amide bonds. The van der Waals surface area contributed by atoms with E-state index < -0.39 is 11.8 Å². The van der Waals surface area contributed by atoms with Gasteiger partial charge < -0.3 is 9.47 Å². The fourth-order valence-electron chi connectivity index (χ4n) is 0.739. The monoisotopic (exact) mass is 220 g/mol. The van der Waals surface area contributed by atoms with Crippen molar-refractivity contribution in [1.29, 1.82) is 0 Å². The lowest BCUT2D eigenvalue weighted by Gasteiger charge is -2.21. The van der Waals surface area contributed by atoms with Gasteiger partial charge in [-0.15, -0.1) is 18.2 Å². The van der Waals surface area contributed by atoms with Crippen LogP contribution >= 0.6 is 11.6 Å². The maximum Gasteiger partial charge on any atom is 0.509 e. The summed E-state index contributed by atoms with van der Waals surface area (Å²) < 4.78 is 9.91. The molecule has 3 nitrogen and oxygen atoms in total. The molecule has 0 rings (SSSR count). The van der Waals surface area contributed by atoms with E-state index in [0.29, 0.717) is 6.42 Å². The number of carbonyl (C=O) groups is 1. The molecule has 0 aromatic carbocycles. The van der Waals surface area contributed by atoms with Gasteiger partial charge in [0.15, 0.2) is 0 Å². The van der Waals surface area contributed by atoms with Gasteiger partial charge in [-0.2, -0.15) is 0 Å². The topological polar surface area (TPSA) is 35.5 Å². The molecular formula is C10H17ClO3. The number of hydrogen-bond acceptors (Lipinski definition) is 3. The average Bonchev–Trinajstić information content (AvgIpc) is 2.00. The van der Waals surface area contributed by atoms with E-state index in [0.717, 1.165) is 0 Å². The van der Waals surface area contributed by atoms with Gasteiger partial charge >= 0.3 is 6.16 Å². The van der Waals surface area contributed by atoms with Crippen molar-refractivity contribution in [2.24, 2.45) is 0 Å². The van der Waals surface area contributed by atoms with Crippen LogP contribution in [0.4, 0.5) is 4.79 Å². The standard InChI is InChI=1S/C10H17ClO3/c1-5-6-8(7-11)13-9(12)14-10(2,3)4/h5,8H,1,6-7H2,2-4H3. The van der Waals surface area contributed by atoms with E-state index in [1.807, 2.05) is 0 Å². The summed E-state index contributed by atoms with van der Waals surface area (Å²) in [6.45, 7) is 8.87. The Morgan fingerprint density at radius 1 is 1.57 bits per heavy atom. The highest BCUT2D eigenvalue weighted by Gasteiger charge is 2.20. The molecule has 1 atom stereocenters. The third-order valence-electron chi connectivity index (χ3n) is 1.25. The molecule has 0 aliphatic rings. The highest BCUT2D eigenvalue weighted by Crippen LogP contribution is 2.11. The van der Waals surface area contributed by atoms with E-state index >= 15 is 0 Å². The second-order valence-electron chi connectivity index (χ2n) is 3.88. The van der Waals surface area contributed by atoms with Crippen LogP contribution in [0.5, 0.6) is 0 Å². The summed E-state index contributed by atoms with van der Waals surface area (Å²) in [5.74, 6) is 0.241. The molecule has 0 heterocycles. The Kier molecular flexibility index (Phi) is 5.62. The molecule has 14 heavy (non-hydrogen) atoms. The fourth-order valence-corrected chi connectivity index (χ4v) is 0.928. The minimum Gasteiger partial charge on any atom is -0.429 e. The van der Waals surface area contributed by atoms with E-state index in [1.54, 1.807) is 26.8 Å². The first-order valence-corrected chi connectivity index (χ1v) is 4.99. The number of ether oxygens (including phenoxy) is 2. The van der Waals surface area contributed by atoms with Crippen LogP contribution in [0.1, 0.15) is 27.2 Å². The third-order valence-corrected chi connectivity index (χ3v) is 1.60. The Balaban J connectivity index is 3.96. The van der Waals surface area contributed by atoms with Crippen LogP contribution < -0.4 is 0 Å². The molecule has 0 spiro atoms. The van der Waals surface area contributed by atoms with Crippen molar-refractivity contribution < 1.29 is 14.3 Å². The SMILES string of the molecule is C=CCC(CCl)OC(=O)OC(C)(C)C. The van der Waals surface area contributed by atoms with Crippen LogP contribution in [0.3, 0.4) is 0 Å². The van der Waals surface area contributed by atoms with Gasteiger partial charge in [0.2, 0.25) is 0 Å². The number of halogens is 1. The van der Waals surface area contributed by atoms with Crippen LogP contribution in [-0.2, 0) is 9.47 Å². The summed E-state index contributed by atoms with van der Waals surface area (Å²) in [5, 5.41) is 0. The third kappa shape index (κ3) is 6.78. The van der Waals surface area contributed by atoms with Gasteiger partial charge in [0.05, 0.1) is 5.88 Å². The molecule has 0 bridgehead atoms. The predicted molar refractivity (Wildman–Crippen MR) is 56.6 cm³/mol. The lowest BCUT2D eigenvalue weighted by molar-refractivity contribution is -0.0219. The first-order chi connectivity index (χ1) is 6.39. The fraction of sp³-hybridized carbons (Fsp3) is 0.700. The molecule has 0 aliphatic heterocycles. The summed E-state index contributed by atoms with van der Waals surface area (Å²) in [6, 6.07) is 0. The molecular weight excluding hydrogens is 204 g/mol. The quantitative estimate of drug-likeness (QED) is 0.415. The van der Waals surface area contributed by atoms with Crippen molar-refractivity contribution in [3.63, 3.8) is 0 Å². The average molecular weight is 221 g/mol. The van der Waals surface area contributed by atoms with Crippen LogP contribution in [0, 0.1) is 0 Å². The number of rotatable bonds is 4. The lowest BCUT2D eigenvalue weighted by Crippen LogP contribution is -2.28. The van der Waals surface area contributed by atoms with Gasteiger partial charge in [-0.3, -0.25) is 0 Å². The van der Waals surface area contributed by atoms with Crippen LogP contribution in [0.2, 0.25) is 0 Å². The molecule has 0 N–H and O–H groups in total. The predicted octanol–water partition coefficient (Wildman–Crippen LogP) is 3.12. The van der Waals surface area contributed by atoms with Crippen molar-refractivity contribution in [3.8, 4) is 0 Å². The van der Waals surface area contributed by atoms with E-state index in [9.17, 15) is 4.79 Å². The second kappa shape index (κ2) is 5.91. The van der Waals surface area contributed by atoms with Crippen LogP contribution in [0.15, 0.2) is 12.7 Å². The second-order valence-corrected chi connectivity index (χ2v) is 4.19. The first-order valence-electron chi connectivity index (χ1n) is 4.45. The number of hydrogen-bond donors (Lipinski definition) is 0. The summed E-state index contributed by atoms with van der Waals surface area (Å²) in [6.07, 6.45) is 1.13. The maximum atomic E-state index is 11.2. The van der Waals surface area contributed by atoms with Crippen molar-refractivity contribution in [1.82, 2.24) is 0 Å². The molecule has 0 aromatic heterocycles. The van der Waals surface area contributed by atoms with Gasteiger partial charge in [0.1, 0.15) is 11.7 Å². The Hall–Kier alpha value is -0.700. The van der Waals surface area contributed by atoms with Crippen molar-refractivity contribution in [2.45, 2.75) is 38.9 Å². The van der Waals surface area contributed by atoms with Crippen LogP contribution in [0.25, 0.3) is 0 Å². The zero-order valence-corrected chi connectivity index (χ0v) is 9.63. The largest absolute Gasteiger partial charge is 0.509 e. The first kappa shape index (κ1) is 13.3. The van der Waals surface area contributed by atoms with E-state index in [4.69, 9.17) is 21.1 Å². The molecule has 82 valence electrons. The number of carbonyl (C=O) groups excluding carboxylic acids is 1. The van der Waals surface area contributed by atoms with E-state index in [-0.39, 0.29) is 12.0 Å². The molecule has 0 radical (unpaired) electrons. The van der Waals surface area contributed by atoms with Gasteiger partial charge in [0.25, 0.3) is 0 Å². The molecule has 0 fully saturated rings. The molecule has 0 aromatic rings.